The predicted octanol–water partition coefficient (Wildman–Crippen LogP) is 3.46. The smallest absolute Gasteiger partial charge is 0.165 e. The van der Waals surface area contributed by atoms with Crippen LogP contribution in [-0.4, -0.2) is 26.0 Å². The number of hydrogen-bond acceptors (Lipinski definition) is 3. The third-order valence-electron chi connectivity index (χ3n) is 3.63. The molecule has 1 fully saturated rings. The van der Waals surface area contributed by atoms with Crippen molar-refractivity contribution in [1.82, 2.24) is 0 Å². The summed E-state index contributed by atoms with van der Waals surface area (Å²) in [5.41, 5.74) is 0.840. The third-order valence-corrected chi connectivity index (χ3v) is 5.91. The average molecular weight is 365 g/mol. The number of halogens is 2. The first-order valence-corrected chi connectivity index (χ1v) is 9.67. The molecule has 112 valence electrons. The standard InChI is InChI=1S/C14H18BrFO3S/c1-20(17,18)12-4-2-3-11(8-12)19-14-6-5-10(9-15)7-13(14)16/h5-7,11-12H,2-4,8-9H2,1H3. The topological polar surface area (TPSA) is 43.4 Å². The third kappa shape index (κ3) is 3.95. The van der Waals surface area contributed by atoms with Crippen LogP contribution in [0.1, 0.15) is 31.2 Å². The minimum absolute atomic E-state index is 0.203. The Kier molecular flexibility index (Phi) is 5.07. The lowest BCUT2D eigenvalue weighted by Gasteiger charge is -2.28. The number of ether oxygens (including phenoxy) is 1. The van der Waals surface area contributed by atoms with Crippen LogP contribution in [0.5, 0.6) is 5.75 Å². The highest BCUT2D eigenvalue weighted by atomic mass is 79.9. The van der Waals surface area contributed by atoms with Crippen molar-refractivity contribution >= 4 is 25.8 Å². The minimum Gasteiger partial charge on any atom is -0.487 e. The fourth-order valence-corrected chi connectivity index (χ4v) is 4.01. The van der Waals surface area contributed by atoms with Crippen LogP contribution in [0, 0.1) is 5.82 Å². The molecule has 0 saturated heterocycles. The highest BCUT2D eigenvalue weighted by Crippen LogP contribution is 2.29. The Morgan fingerprint density at radius 2 is 2.15 bits per heavy atom. The van der Waals surface area contributed by atoms with E-state index in [0.717, 1.165) is 18.4 Å². The number of rotatable bonds is 4. The zero-order valence-electron chi connectivity index (χ0n) is 11.3. The molecule has 0 radical (unpaired) electrons. The number of benzene rings is 1. The minimum atomic E-state index is -3.05. The van der Waals surface area contributed by atoms with E-state index in [0.29, 0.717) is 18.2 Å². The Balaban J connectivity index is 2.06. The fourth-order valence-electron chi connectivity index (χ4n) is 2.50. The van der Waals surface area contributed by atoms with E-state index in [4.69, 9.17) is 4.74 Å². The summed E-state index contributed by atoms with van der Waals surface area (Å²) in [6.07, 6.45) is 3.70. The molecule has 1 aliphatic carbocycles. The molecule has 2 unspecified atom stereocenters. The maximum absolute atomic E-state index is 13.9. The van der Waals surface area contributed by atoms with Gasteiger partial charge in [-0.2, -0.15) is 0 Å². The first-order valence-electron chi connectivity index (χ1n) is 6.60. The van der Waals surface area contributed by atoms with E-state index in [9.17, 15) is 12.8 Å². The summed E-state index contributed by atoms with van der Waals surface area (Å²) in [4.78, 5) is 0. The molecular formula is C14H18BrFO3S. The summed E-state index contributed by atoms with van der Waals surface area (Å²) in [5.74, 6) is -0.197. The van der Waals surface area contributed by atoms with Gasteiger partial charge in [0.1, 0.15) is 15.9 Å². The lowest BCUT2D eigenvalue weighted by Crippen LogP contribution is -2.33. The molecule has 0 spiro atoms. The largest absolute Gasteiger partial charge is 0.487 e. The lowest BCUT2D eigenvalue weighted by molar-refractivity contribution is 0.150. The predicted molar refractivity (Wildman–Crippen MR) is 80.5 cm³/mol. The van der Waals surface area contributed by atoms with Gasteiger partial charge in [-0.25, -0.2) is 12.8 Å². The Bertz CT molecular complexity index is 574. The van der Waals surface area contributed by atoms with E-state index in [1.54, 1.807) is 12.1 Å². The second-order valence-electron chi connectivity index (χ2n) is 5.26. The first-order chi connectivity index (χ1) is 9.40. The van der Waals surface area contributed by atoms with E-state index >= 15 is 0 Å². The van der Waals surface area contributed by atoms with Crippen LogP contribution in [0.15, 0.2) is 18.2 Å². The van der Waals surface area contributed by atoms with Gasteiger partial charge in [0.25, 0.3) is 0 Å². The van der Waals surface area contributed by atoms with Gasteiger partial charge in [0.05, 0.1) is 5.25 Å². The molecule has 20 heavy (non-hydrogen) atoms. The van der Waals surface area contributed by atoms with Crippen LogP contribution < -0.4 is 4.74 Å². The van der Waals surface area contributed by atoms with Gasteiger partial charge >= 0.3 is 0 Å². The van der Waals surface area contributed by atoms with Crippen LogP contribution >= 0.6 is 15.9 Å². The van der Waals surface area contributed by atoms with Crippen LogP contribution in [0.3, 0.4) is 0 Å². The van der Waals surface area contributed by atoms with E-state index in [1.807, 2.05) is 0 Å². The highest BCUT2D eigenvalue weighted by Gasteiger charge is 2.30. The van der Waals surface area contributed by atoms with Crippen molar-refractivity contribution in [2.45, 2.75) is 42.4 Å². The Hall–Kier alpha value is -0.620. The second-order valence-corrected chi connectivity index (χ2v) is 8.14. The van der Waals surface area contributed by atoms with Crippen LogP contribution in [-0.2, 0) is 15.2 Å². The van der Waals surface area contributed by atoms with Crippen LogP contribution in [0.4, 0.5) is 4.39 Å². The van der Waals surface area contributed by atoms with Gasteiger partial charge in [0.15, 0.2) is 11.6 Å². The Labute approximate surface area is 127 Å². The van der Waals surface area contributed by atoms with Crippen molar-refractivity contribution in [2.24, 2.45) is 0 Å². The SMILES string of the molecule is CS(=O)(=O)C1CCCC(Oc2ccc(CBr)cc2F)C1. The molecule has 1 aliphatic rings. The Morgan fingerprint density at radius 1 is 1.40 bits per heavy atom. The van der Waals surface area contributed by atoms with Crippen molar-refractivity contribution in [2.75, 3.05) is 6.26 Å². The van der Waals surface area contributed by atoms with Gasteiger partial charge in [-0.1, -0.05) is 22.0 Å². The number of alkyl halides is 1. The molecule has 0 amide bonds. The second kappa shape index (κ2) is 6.43. The molecule has 1 aromatic rings. The quantitative estimate of drug-likeness (QED) is 0.768. The highest BCUT2D eigenvalue weighted by molar-refractivity contribution is 9.08. The molecule has 1 aromatic carbocycles. The molecule has 2 atom stereocenters. The molecule has 1 saturated carbocycles. The fraction of sp³-hybridized carbons (Fsp3) is 0.571. The molecule has 0 heterocycles. The summed E-state index contributed by atoms with van der Waals surface area (Å²) >= 11 is 3.27. The van der Waals surface area contributed by atoms with Crippen molar-refractivity contribution in [3.05, 3.63) is 29.6 Å². The van der Waals surface area contributed by atoms with Gasteiger partial charge < -0.3 is 4.74 Å². The lowest BCUT2D eigenvalue weighted by atomic mass is 9.97. The molecule has 0 aliphatic heterocycles. The van der Waals surface area contributed by atoms with Crippen molar-refractivity contribution in [1.29, 1.82) is 0 Å². The van der Waals surface area contributed by atoms with Crippen LogP contribution in [0.2, 0.25) is 0 Å². The molecular weight excluding hydrogens is 347 g/mol. The molecule has 0 aromatic heterocycles. The summed E-state index contributed by atoms with van der Waals surface area (Å²) in [7, 11) is -3.05. The van der Waals surface area contributed by atoms with E-state index in [1.165, 1.54) is 12.3 Å². The van der Waals surface area contributed by atoms with Gasteiger partial charge in [0, 0.05) is 18.0 Å². The molecule has 0 N–H and O–H groups in total. The maximum Gasteiger partial charge on any atom is 0.165 e. The zero-order chi connectivity index (χ0) is 14.8. The maximum atomic E-state index is 13.9. The molecule has 0 bridgehead atoms. The average Bonchev–Trinajstić information content (AvgIpc) is 2.40. The summed E-state index contributed by atoms with van der Waals surface area (Å²) in [6, 6.07) is 4.83. The van der Waals surface area contributed by atoms with E-state index in [2.05, 4.69) is 15.9 Å². The van der Waals surface area contributed by atoms with Crippen LogP contribution in [0.25, 0.3) is 0 Å². The van der Waals surface area contributed by atoms with E-state index in [-0.39, 0.29) is 17.1 Å². The summed E-state index contributed by atoms with van der Waals surface area (Å²) in [5, 5.41) is 0.218. The van der Waals surface area contributed by atoms with Crippen molar-refractivity contribution in [3.8, 4) is 5.75 Å². The number of hydrogen-bond donors (Lipinski definition) is 0. The molecule has 6 heteroatoms. The van der Waals surface area contributed by atoms with E-state index < -0.39 is 15.7 Å². The summed E-state index contributed by atoms with van der Waals surface area (Å²) in [6.45, 7) is 0. The Morgan fingerprint density at radius 3 is 2.75 bits per heavy atom. The van der Waals surface area contributed by atoms with Gasteiger partial charge in [-0.3, -0.25) is 0 Å². The zero-order valence-corrected chi connectivity index (χ0v) is 13.7. The summed E-state index contributed by atoms with van der Waals surface area (Å²) < 4.78 is 42.7. The monoisotopic (exact) mass is 364 g/mol. The number of sulfone groups is 1. The van der Waals surface area contributed by atoms with Gasteiger partial charge in [-0.05, 0) is 37.0 Å². The van der Waals surface area contributed by atoms with Crippen molar-refractivity contribution in [3.63, 3.8) is 0 Å². The molecule has 3 nitrogen and oxygen atoms in total. The van der Waals surface area contributed by atoms with Gasteiger partial charge in [-0.15, -0.1) is 0 Å². The molecule has 2 rings (SSSR count). The van der Waals surface area contributed by atoms with Gasteiger partial charge in [0.2, 0.25) is 0 Å². The van der Waals surface area contributed by atoms with Crippen molar-refractivity contribution < 1.29 is 17.5 Å². The first kappa shape index (κ1) is 15.8. The normalized spacial score (nSPS) is 23.6.